The van der Waals surface area contributed by atoms with E-state index in [1.165, 1.54) is 6.07 Å². The Labute approximate surface area is 149 Å². The number of esters is 2. The minimum atomic E-state index is -0.801. The van der Waals surface area contributed by atoms with Crippen molar-refractivity contribution in [3.63, 3.8) is 0 Å². The van der Waals surface area contributed by atoms with Gasteiger partial charge in [0.2, 0.25) is 0 Å². The Kier molecular flexibility index (Phi) is 7.14. The van der Waals surface area contributed by atoms with Crippen LogP contribution in [0.2, 0.25) is 0 Å². The molecular weight excluding hydrogens is 322 g/mol. The standard InChI is InChI=1S/C19H29NO5/c1-18(2,3)17(23)25-15-9-7-8-13(10-15)16(22)24-12-14(21)11-20-19(4,5)6/h7-10,14,20-21H,11-12H2,1-6H3. The fraction of sp³-hybridized carbons (Fsp3) is 0.579. The number of hydrogen-bond donors (Lipinski definition) is 2. The third-order valence-corrected chi connectivity index (χ3v) is 3.17. The van der Waals surface area contributed by atoms with Gasteiger partial charge in [0.05, 0.1) is 11.0 Å². The number of carbonyl (C=O) groups excluding carboxylic acids is 2. The molecule has 0 saturated carbocycles. The minimum absolute atomic E-state index is 0.117. The summed E-state index contributed by atoms with van der Waals surface area (Å²) in [7, 11) is 0. The maximum atomic E-state index is 12.1. The number of aliphatic hydroxyl groups is 1. The van der Waals surface area contributed by atoms with Gasteiger partial charge in [-0.25, -0.2) is 4.79 Å². The second-order valence-electron chi connectivity index (χ2n) is 8.05. The number of ether oxygens (including phenoxy) is 2. The molecule has 0 spiro atoms. The van der Waals surface area contributed by atoms with Crippen molar-refractivity contribution >= 4 is 11.9 Å². The van der Waals surface area contributed by atoms with Crippen molar-refractivity contribution in [3.05, 3.63) is 29.8 Å². The zero-order chi connectivity index (χ0) is 19.3. The highest BCUT2D eigenvalue weighted by Gasteiger charge is 2.24. The maximum absolute atomic E-state index is 12.1. The van der Waals surface area contributed by atoms with Crippen molar-refractivity contribution in [1.29, 1.82) is 0 Å². The van der Waals surface area contributed by atoms with Gasteiger partial charge in [-0.05, 0) is 59.7 Å². The summed E-state index contributed by atoms with van der Waals surface area (Å²) in [6.45, 7) is 11.4. The second-order valence-corrected chi connectivity index (χ2v) is 8.05. The molecule has 0 aliphatic carbocycles. The topological polar surface area (TPSA) is 84.9 Å². The van der Waals surface area contributed by atoms with E-state index in [1.54, 1.807) is 39.0 Å². The average Bonchev–Trinajstić information content (AvgIpc) is 2.49. The highest BCUT2D eigenvalue weighted by atomic mass is 16.5. The first-order chi connectivity index (χ1) is 11.4. The fourth-order valence-corrected chi connectivity index (χ4v) is 1.68. The number of nitrogens with one attached hydrogen (secondary N) is 1. The molecule has 1 aromatic rings. The van der Waals surface area contributed by atoms with Crippen LogP contribution in [-0.2, 0) is 9.53 Å². The number of β-amino-alcohol motifs (C(OH)–C–C–N with tert-alkyl or cyclic N) is 1. The van der Waals surface area contributed by atoms with Crippen LogP contribution in [0.4, 0.5) is 0 Å². The van der Waals surface area contributed by atoms with Crippen LogP contribution < -0.4 is 10.1 Å². The lowest BCUT2D eigenvalue weighted by molar-refractivity contribution is -0.143. The minimum Gasteiger partial charge on any atom is -0.459 e. The molecule has 25 heavy (non-hydrogen) atoms. The molecule has 6 heteroatoms. The van der Waals surface area contributed by atoms with Crippen molar-refractivity contribution in [3.8, 4) is 5.75 Å². The average molecular weight is 351 g/mol. The monoisotopic (exact) mass is 351 g/mol. The summed E-state index contributed by atoms with van der Waals surface area (Å²) in [6, 6.07) is 6.23. The Morgan fingerprint density at radius 1 is 1.16 bits per heavy atom. The van der Waals surface area contributed by atoms with Gasteiger partial charge in [0.15, 0.2) is 0 Å². The van der Waals surface area contributed by atoms with Crippen LogP contribution >= 0.6 is 0 Å². The van der Waals surface area contributed by atoms with Gasteiger partial charge in [-0.15, -0.1) is 0 Å². The predicted molar refractivity (Wildman–Crippen MR) is 95.6 cm³/mol. The summed E-state index contributed by atoms with van der Waals surface area (Å²) < 4.78 is 10.4. The van der Waals surface area contributed by atoms with Crippen molar-refractivity contribution in [2.24, 2.45) is 5.41 Å². The van der Waals surface area contributed by atoms with Crippen LogP contribution in [0.3, 0.4) is 0 Å². The van der Waals surface area contributed by atoms with Crippen LogP contribution in [0, 0.1) is 5.41 Å². The quantitative estimate of drug-likeness (QED) is 0.605. The molecule has 140 valence electrons. The molecular formula is C19H29NO5. The summed E-state index contributed by atoms with van der Waals surface area (Å²) in [5.41, 5.74) is -0.508. The first kappa shape index (κ1) is 21.1. The van der Waals surface area contributed by atoms with Gasteiger partial charge < -0.3 is 19.9 Å². The van der Waals surface area contributed by atoms with E-state index in [2.05, 4.69) is 5.32 Å². The summed E-state index contributed by atoms with van der Waals surface area (Å²) in [5.74, 6) is -0.686. The van der Waals surface area contributed by atoms with Crippen molar-refractivity contribution < 1.29 is 24.2 Å². The first-order valence-corrected chi connectivity index (χ1v) is 8.31. The van der Waals surface area contributed by atoms with E-state index in [0.717, 1.165) is 0 Å². The Balaban J connectivity index is 2.59. The van der Waals surface area contributed by atoms with E-state index in [-0.39, 0.29) is 29.4 Å². The number of benzene rings is 1. The Hall–Kier alpha value is -1.92. The Morgan fingerprint density at radius 3 is 2.36 bits per heavy atom. The van der Waals surface area contributed by atoms with Crippen molar-refractivity contribution in [1.82, 2.24) is 5.32 Å². The Bertz CT molecular complexity index is 599. The van der Waals surface area contributed by atoms with Gasteiger partial charge in [0.25, 0.3) is 0 Å². The molecule has 1 aromatic carbocycles. The molecule has 1 rings (SSSR count). The highest BCUT2D eigenvalue weighted by Crippen LogP contribution is 2.20. The fourth-order valence-electron chi connectivity index (χ4n) is 1.68. The zero-order valence-electron chi connectivity index (χ0n) is 15.9. The number of hydrogen-bond acceptors (Lipinski definition) is 6. The summed E-state index contributed by atoms with van der Waals surface area (Å²) in [4.78, 5) is 24.0. The molecule has 1 atom stereocenters. The molecule has 0 saturated heterocycles. The van der Waals surface area contributed by atoms with Crippen molar-refractivity contribution in [2.45, 2.75) is 53.2 Å². The van der Waals surface area contributed by atoms with Crippen LogP contribution in [0.25, 0.3) is 0 Å². The third kappa shape index (κ3) is 8.14. The molecule has 0 bridgehead atoms. The largest absolute Gasteiger partial charge is 0.459 e. The molecule has 1 unspecified atom stereocenters. The van der Waals surface area contributed by atoms with Crippen LogP contribution in [0.1, 0.15) is 51.9 Å². The van der Waals surface area contributed by atoms with E-state index in [0.29, 0.717) is 6.54 Å². The molecule has 0 fully saturated rings. The van der Waals surface area contributed by atoms with E-state index >= 15 is 0 Å². The van der Waals surface area contributed by atoms with E-state index < -0.39 is 17.5 Å². The predicted octanol–water partition coefficient (Wildman–Crippen LogP) is 2.54. The van der Waals surface area contributed by atoms with Gasteiger partial charge in [0, 0.05) is 12.1 Å². The lowest BCUT2D eigenvalue weighted by atomic mass is 9.97. The molecule has 6 nitrogen and oxygen atoms in total. The van der Waals surface area contributed by atoms with E-state index in [9.17, 15) is 14.7 Å². The van der Waals surface area contributed by atoms with Gasteiger partial charge in [-0.3, -0.25) is 4.79 Å². The molecule has 0 amide bonds. The maximum Gasteiger partial charge on any atom is 0.338 e. The van der Waals surface area contributed by atoms with Crippen LogP contribution in [0.15, 0.2) is 24.3 Å². The SMILES string of the molecule is CC(C)(C)NCC(O)COC(=O)c1cccc(OC(=O)C(C)(C)C)c1. The van der Waals surface area contributed by atoms with E-state index in [4.69, 9.17) is 9.47 Å². The number of rotatable bonds is 6. The van der Waals surface area contributed by atoms with Gasteiger partial charge in [-0.1, -0.05) is 6.07 Å². The van der Waals surface area contributed by atoms with Crippen LogP contribution in [0.5, 0.6) is 5.75 Å². The molecule has 0 radical (unpaired) electrons. The van der Waals surface area contributed by atoms with Gasteiger partial charge in [-0.2, -0.15) is 0 Å². The molecule has 0 aliphatic rings. The molecule has 0 heterocycles. The van der Waals surface area contributed by atoms with Gasteiger partial charge >= 0.3 is 11.9 Å². The van der Waals surface area contributed by atoms with Crippen molar-refractivity contribution in [2.75, 3.05) is 13.2 Å². The first-order valence-electron chi connectivity index (χ1n) is 8.31. The highest BCUT2D eigenvalue weighted by molar-refractivity contribution is 5.90. The number of aliphatic hydroxyl groups excluding tert-OH is 1. The third-order valence-electron chi connectivity index (χ3n) is 3.17. The Morgan fingerprint density at radius 2 is 1.80 bits per heavy atom. The lowest BCUT2D eigenvalue weighted by Gasteiger charge is -2.22. The normalized spacial score (nSPS) is 13.2. The van der Waals surface area contributed by atoms with Gasteiger partial charge in [0.1, 0.15) is 18.5 Å². The summed E-state index contributed by atoms with van der Waals surface area (Å²) in [5, 5.41) is 13.0. The zero-order valence-corrected chi connectivity index (χ0v) is 15.9. The summed E-state index contributed by atoms with van der Waals surface area (Å²) in [6.07, 6.45) is -0.801. The molecule has 0 aliphatic heterocycles. The van der Waals surface area contributed by atoms with Crippen LogP contribution in [-0.4, -0.2) is 41.8 Å². The second kappa shape index (κ2) is 8.45. The molecule has 0 aromatic heterocycles. The summed E-state index contributed by atoms with van der Waals surface area (Å²) >= 11 is 0. The number of carbonyl (C=O) groups is 2. The molecule has 2 N–H and O–H groups in total. The lowest BCUT2D eigenvalue weighted by Crippen LogP contribution is -2.42. The smallest absolute Gasteiger partial charge is 0.338 e. The van der Waals surface area contributed by atoms with E-state index in [1.807, 2.05) is 20.8 Å².